The number of pyridine rings is 1. The predicted molar refractivity (Wildman–Crippen MR) is 94.9 cm³/mol. The fraction of sp³-hybridized carbons (Fsp3) is 0.421. The number of alkyl halides is 5. The van der Waals surface area contributed by atoms with E-state index in [1.165, 1.54) is 19.1 Å². The maximum atomic E-state index is 14.4. The van der Waals surface area contributed by atoms with E-state index in [0.717, 1.165) is 18.3 Å². The summed E-state index contributed by atoms with van der Waals surface area (Å²) in [5, 5.41) is 10.8. The number of aromatic nitrogens is 1. The highest BCUT2D eigenvalue weighted by Crippen LogP contribution is 2.48. The Morgan fingerprint density at radius 3 is 2.47 bits per heavy atom. The van der Waals surface area contributed by atoms with Crippen LogP contribution in [0.1, 0.15) is 36.6 Å². The minimum absolute atomic E-state index is 0.0576. The minimum atomic E-state index is -5.90. The van der Waals surface area contributed by atoms with Crippen LogP contribution >= 0.6 is 0 Å². The van der Waals surface area contributed by atoms with E-state index in [1.807, 2.05) is 0 Å². The lowest BCUT2D eigenvalue weighted by molar-refractivity contribution is -0.385. The number of aryl methyl sites for hydroxylation is 1. The molecule has 11 heteroatoms. The third-order valence-electron chi connectivity index (χ3n) is 4.55. The van der Waals surface area contributed by atoms with Crippen molar-refractivity contribution >= 4 is 5.69 Å². The van der Waals surface area contributed by atoms with E-state index in [9.17, 15) is 32.1 Å². The van der Waals surface area contributed by atoms with E-state index in [1.54, 1.807) is 13.8 Å². The van der Waals surface area contributed by atoms with Gasteiger partial charge in [0.1, 0.15) is 17.5 Å². The second kappa shape index (κ2) is 7.06. The zero-order valence-corrected chi connectivity index (χ0v) is 16.1. The first-order valence-corrected chi connectivity index (χ1v) is 8.75. The van der Waals surface area contributed by atoms with Crippen LogP contribution in [-0.2, 0) is 6.42 Å². The van der Waals surface area contributed by atoms with Gasteiger partial charge < -0.3 is 9.47 Å². The molecule has 0 amide bonds. The fourth-order valence-electron chi connectivity index (χ4n) is 3.17. The van der Waals surface area contributed by atoms with E-state index in [2.05, 4.69) is 4.98 Å². The molecule has 1 aliphatic heterocycles. The number of fused-ring (bicyclic) bond motifs is 1. The van der Waals surface area contributed by atoms with Crippen molar-refractivity contribution in [2.45, 2.75) is 51.0 Å². The number of ether oxygens (including phenoxy) is 2. The summed E-state index contributed by atoms with van der Waals surface area (Å²) in [6.07, 6.45) is -7.61. The van der Waals surface area contributed by atoms with Gasteiger partial charge in [0.25, 0.3) is 5.69 Å². The van der Waals surface area contributed by atoms with Crippen molar-refractivity contribution in [2.75, 3.05) is 0 Å². The van der Waals surface area contributed by atoms with Crippen LogP contribution in [0.2, 0.25) is 0 Å². The summed E-state index contributed by atoms with van der Waals surface area (Å²) in [4.78, 5) is 13.6. The second-order valence-electron chi connectivity index (χ2n) is 7.60. The molecule has 6 nitrogen and oxygen atoms in total. The van der Waals surface area contributed by atoms with Gasteiger partial charge in [-0.1, -0.05) is 6.07 Å². The monoisotopic (exact) mass is 432 g/mol. The van der Waals surface area contributed by atoms with Gasteiger partial charge in [0.15, 0.2) is 6.10 Å². The summed E-state index contributed by atoms with van der Waals surface area (Å²) >= 11 is 0. The Morgan fingerprint density at radius 2 is 1.90 bits per heavy atom. The highest BCUT2D eigenvalue weighted by atomic mass is 19.4. The van der Waals surface area contributed by atoms with Gasteiger partial charge in [0, 0.05) is 18.1 Å². The van der Waals surface area contributed by atoms with Crippen molar-refractivity contribution in [3.05, 3.63) is 57.3 Å². The van der Waals surface area contributed by atoms with Crippen molar-refractivity contribution in [3.63, 3.8) is 0 Å². The van der Waals surface area contributed by atoms with Crippen LogP contribution < -0.4 is 9.47 Å². The van der Waals surface area contributed by atoms with Crippen LogP contribution in [0.5, 0.6) is 11.6 Å². The van der Waals surface area contributed by atoms with E-state index >= 15 is 0 Å². The molecule has 0 bridgehead atoms. The highest BCUT2D eigenvalue weighted by molar-refractivity contribution is 5.43. The molecule has 1 atom stereocenters. The Hall–Kier alpha value is -2.98. The molecule has 30 heavy (non-hydrogen) atoms. The largest absolute Gasteiger partial charge is 0.487 e. The van der Waals surface area contributed by atoms with Crippen molar-refractivity contribution in [3.8, 4) is 11.6 Å². The second-order valence-corrected chi connectivity index (χ2v) is 7.60. The number of hydrogen-bond donors (Lipinski definition) is 0. The first-order valence-electron chi connectivity index (χ1n) is 8.75. The van der Waals surface area contributed by atoms with Crippen LogP contribution in [0.4, 0.5) is 27.6 Å². The summed E-state index contributed by atoms with van der Waals surface area (Å²) in [6.45, 7) is 4.78. The Morgan fingerprint density at radius 1 is 1.23 bits per heavy atom. The Kier molecular flexibility index (Phi) is 5.11. The van der Waals surface area contributed by atoms with Crippen molar-refractivity contribution in [1.29, 1.82) is 0 Å². The van der Waals surface area contributed by atoms with Gasteiger partial charge in [-0.2, -0.15) is 22.0 Å². The zero-order valence-electron chi connectivity index (χ0n) is 16.1. The number of benzene rings is 1. The molecule has 0 fully saturated rings. The van der Waals surface area contributed by atoms with Crippen molar-refractivity contribution in [2.24, 2.45) is 0 Å². The SMILES string of the molecule is Cc1cc([N+](=O)[O-])cnc1OC(c1ccc2c(c1)CC(C)(C)O2)C(F)(F)C(F)(F)F. The standard InChI is InChI=1S/C19H17F5N2O4/c1-10-6-13(26(27)28)9-25-16(10)29-15(18(20,21)19(22,23)24)11-4-5-14-12(7-11)8-17(2,3)30-14/h4-7,9,15H,8H2,1-3H3. The molecule has 1 aromatic carbocycles. The number of nitro groups is 1. The van der Waals surface area contributed by atoms with E-state index < -0.39 is 45.9 Å². The number of halogens is 5. The first-order chi connectivity index (χ1) is 13.7. The summed E-state index contributed by atoms with van der Waals surface area (Å²) in [6, 6.07) is 4.56. The molecule has 1 aliphatic rings. The van der Waals surface area contributed by atoms with Gasteiger partial charge in [0.2, 0.25) is 5.88 Å². The third-order valence-corrected chi connectivity index (χ3v) is 4.55. The average Bonchev–Trinajstić information content (AvgIpc) is 2.92. The number of nitrogens with zero attached hydrogens (tertiary/aromatic N) is 2. The fourth-order valence-corrected chi connectivity index (χ4v) is 3.17. The van der Waals surface area contributed by atoms with Gasteiger partial charge >= 0.3 is 12.1 Å². The van der Waals surface area contributed by atoms with Gasteiger partial charge in [-0.25, -0.2) is 4.98 Å². The third kappa shape index (κ3) is 4.01. The van der Waals surface area contributed by atoms with Crippen LogP contribution in [0.3, 0.4) is 0 Å². The average molecular weight is 432 g/mol. The van der Waals surface area contributed by atoms with Crippen LogP contribution in [0, 0.1) is 17.0 Å². The van der Waals surface area contributed by atoms with Gasteiger partial charge in [-0.15, -0.1) is 0 Å². The van der Waals surface area contributed by atoms with Crippen LogP contribution in [0.25, 0.3) is 0 Å². The molecule has 2 aromatic rings. The van der Waals surface area contributed by atoms with Crippen molar-refractivity contribution in [1.82, 2.24) is 4.98 Å². The smallest absolute Gasteiger partial charge is 0.457 e. The van der Waals surface area contributed by atoms with Crippen molar-refractivity contribution < 1.29 is 36.3 Å². The zero-order chi connectivity index (χ0) is 22.5. The molecular weight excluding hydrogens is 415 g/mol. The van der Waals surface area contributed by atoms with E-state index in [0.29, 0.717) is 17.7 Å². The van der Waals surface area contributed by atoms with E-state index in [4.69, 9.17) is 9.47 Å². The number of rotatable bonds is 5. The van der Waals surface area contributed by atoms with Gasteiger partial charge in [-0.3, -0.25) is 10.1 Å². The molecule has 0 saturated carbocycles. The lowest BCUT2D eigenvalue weighted by Crippen LogP contribution is -2.44. The summed E-state index contributed by atoms with van der Waals surface area (Å²) in [5.41, 5.74) is -1.08. The molecule has 1 aromatic heterocycles. The van der Waals surface area contributed by atoms with Gasteiger partial charge in [-0.05, 0) is 44.0 Å². The van der Waals surface area contributed by atoms with Gasteiger partial charge in [0.05, 0.1) is 4.92 Å². The molecule has 0 radical (unpaired) electrons. The summed E-state index contributed by atoms with van der Waals surface area (Å²) in [5.74, 6) is -5.43. The molecule has 2 heterocycles. The molecule has 162 valence electrons. The lowest BCUT2D eigenvalue weighted by atomic mass is 9.96. The normalized spacial score (nSPS) is 16.5. The Labute approximate surface area is 167 Å². The molecule has 0 spiro atoms. The molecular formula is C19H17F5N2O4. The quantitative estimate of drug-likeness (QED) is 0.363. The Balaban J connectivity index is 2.04. The predicted octanol–water partition coefficient (Wildman–Crippen LogP) is 5.33. The highest BCUT2D eigenvalue weighted by Gasteiger charge is 2.64. The van der Waals surface area contributed by atoms with Crippen LogP contribution in [0.15, 0.2) is 30.5 Å². The molecule has 0 aliphatic carbocycles. The molecule has 0 saturated heterocycles. The first kappa shape index (κ1) is 21.7. The topological polar surface area (TPSA) is 74.5 Å². The number of hydrogen-bond acceptors (Lipinski definition) is 5. The van der Waals surface area contributed by atoms with Crippen LogP contribution in [-0.4, -0.2) is 27.6 Å². The lowest BCUT2D eigenvalue weighted by Gasteiger charge is -2.29. The molecule has 3 rings (SSSR count). The molecule has 0 N–H and O–H groups in total. The molecule has 1 unspecified atom stereocenters. The Bertz CT molecular complexity index is 991. The van der Waals surface area contributed by atoms with E-state index in [-0.39, 0.29) is 5.56 Å². The minimum Gasteiger partial charge on any atom is -0.487 e. The maximum Gasteiger partial charge on any atom is 0.457 e. The maximum absolute atomic E-state index is 14.4. The summed E-state index contributed by atoms with van der Waals surface area (Å²) < 4.78 is 79.0. The summed E-state index contributed by atoms with van der Waals surface area (Å²) in [7, 11) is 0.